The Labute approximate surface area is 100.0 Å². The molecule has 1 N–H and O–H groups in total. The summed E-state index contributed by atoms with van der Waals surface area (Å²) in [6, 6.07) is 4.91. The summed E-state index contributed by atoms with van der Waals surface area (Å²) in [7, 11) is 1.98. The highest BCUT2D eigenvalue weighted by Crippen LogP contribution is 2.73. The predicted molar refractivity (Wildman–Crippen MR) is 63.3 cm³/mol. The Bertz CT molecular complexity index is 424. The second kappa shape index (κ2) is 3.21. The second-order valence-corrected chi connectivity index (χ2v) is 5.90. The largest absolute Gasteiger partial charge is 0.319 e. The van der Waals surface area contributed by atoms with Gasteiger partial charge in [-0.05, 0) is 60.9 Å². The van der Waals surface area contributed by atoms with Gasteiger partial charge in [0.2, 0.25) is 0 Å². The quantitative estimate of drug-likeness (QED) is 0.855. The molecule has 0 spiro atoms. The third-order valence-corrected chi connectivity index (χ3v) is 4.43. The van der Waals surface area contributed by atoms with Crippen molar-refractivity contribution in [3.8, 4) is 0 Å². The van der Waals surface area contributed by atoms with Gasteiger partial charge >= 0.3 is 0 Å². The Kier molecular flexibility index (Phi) is 2.11. The van der Waals surface area contributed by atoms with Gasteiger partial charge in [0, 0.05) is 11.6 Å². The lowest BCUT2D eigenvalue weighted by molar-refractivity contribution is -0.138. The molecule has 0 saturated heterocycles. The van der Waals surface area contributed by atoms with Crippen LogP contribution in [-0.2, 0) is 5.41 Å². The fourth-order valence-corrected chi connectivity index (χ4v) is 3.92. The van der Waals surface area contributed by atoms with Crippen LogP contribution in [0.3, 0.4) is 0 Å². The molecule has 3 fully saturated rings. The van der Waals surface area contributed by atoms with Crippen LogP contribution < -0.4 is 5.32 Å². The summed E-state index contributed by atoms with van der Waals surface area (Å²) in [6.07, 6.45) is 3.33. The maximum Gasteiger partial charge on any atom is 0.127 e. The van der Waals surface area contributed by atoms with E-state index in [9.17, 15) is 4.39 Å². The Morgan fingerprint density at radius 1 is 1.38 bits per heavy atom. The minimum atomic E-state index is -0.0952. The molecule has 3 aliphatic carbocycles. The van der Waals surface area contributed by atoms with Gasteiger partial charge in [-0.2, -0.15) is 0 Å². The molecule has 0 amide bonds. The van der Waals surface area contributed by atoms with Crippen molar-refractivity contribution >= 4 is 11.6 Å². The van der Waals surface area contributed by atoms with Crippen molar-refractivity contribution < 1.29 is 4.39 Å². The first-order valence-electron chi connectivity index (χ1n) is 5.69. The molecule has 0 radical (unpaired) electrons. The van der Waals surface area contributed by atoms with E-state index in [1.54, 1.807) is 12.1 Å². The highest BCUT2D eigenvalue weighted by Gasteiger charge is 2.68. The molecular weight excluding hydrogens is 225 g/mol. The SMILES string of the molecule is CNCC12CC(c3cc(Cl)ccc3F)(C1)C2. The molecular formula is C13H15ClFN. The van der Waals surface area contributed by atoms with E-state index in [0.29, 0.717) is 10.4 Å². The third kappa shape index (κ3) is 1.26. The first-order valence-corrected chi connectivity index (χ1v) is 6.07. The number of nitrogens with one attached hydrogen (secondary N) is 1. The normalized spacial score (nSPS) is 35.4. The van der Waals surface area contributed by atoms with Crippen molar-refractivity contribution in [1.29, 1.82) is 0 Å². The molecule has 0 heterocycles. The minimum absolute atomic E-state index is 0.0952. The van der Waals surface area contributed by atoms with Crippen molar-refractivity contribution in [2.45, 2.75) is 24.7 Å². The molecule has 3 heteroatoms. The fourth-order valence-electron chi connectivity index (χ4n) is 3.75. The van der Waals surface area contributed by atoms with Gasteiger partial charge in [-0.15, -0.1) is 0 Å². The summed E-state index contributed by atoms with van der Waals surface area (Å²) in [5.74, 6) is -0.0952. The monoisotopic (exact) mass is 239 g/mol. The van der Waals surface area contributed by atoms with Gasteiger partial charge in [0.25, 0.3) is 0 Å². The van der Waals surface area contributed by atoms with Crippen LogP contribution in [0.15, 0.2) is 18.2 Å². The molecule has 4 rings (SSSR count). The highest BCUT2D eigenvalue weighted by atomic mass is 35.5. The molecule has 2 bridgehead atoms. The summed E-state index contributed by atoms with van der Waals surface area (Å²) in [5, 5.41) is 3.87. The smallest absolute Gasteiger partial charge is 0.127 e. The van der Waals surface area contributed by atoms with Crippen molar-refractivity contribution in [3.63, 3.8) is 0 Å². The predicted octanol–water partition coefficient (Wildman–Crippen LogP) is 3.12. The molecule has 0 aromatic heterocycles. The molecule has 1 aromatic rings. The van der Waals surface area contributed by atoms with Gasteiger partial charge in [-0.1, -0.05) is 11.6 Å². The summed E-state index contributed by atoms with van der Waals surface area (Å²) in [5.41, 5.74) is 1.38. The van der Waals surface area contributed by atoms with E-state index in [1.807, 2.05) is 7.05 Å². The average Bonchev–Trinajstić information content (AvgIpc) is 2.13. The van der Waals surface area contributed by atoms with E-state index in [4.69, 9.17) is 11.6 Å². The zero-order valence-corrected chi connectivity index (χ0v) is 10.1. The molecule has 86 valence electrons. The molecule has 3 aliphatic rings. The summed E-state index contributed by atoms with van der Waals surface area (Å²) in [4.78, 5) is 0. The Morgan fingerprint density at radius 3 is 2.69 bits per heavy atom. The van der Waals surface area contributed by atoms with E-state index in [0.717, 1.165) is 31.4 Å². The summed E-state index contributed by atoms with van der Waals surface area (Å²) < 4.78 is 13.7. The molecule has 0 atom stereocenters. The van der Waals surface area contributed by atoms with Gasteiger partial charge in [0.15, 0.2) is 0 Å². The van der Waals surface area contributed by atoms with E-state index in [2.05, 4.69) is 5.32 Å². The minimum Gasteiger partial charge on any atom is -0.319 e. The molecule has 1 aromatic carbocycles. The van der Waals surface area contributed by atoms with Crippen LogP contribution in [-0.4, -0.2) is 13.6 Å². The maximum absolute atomic E-state index is 13.7. The number of hydrogen-bond acceptors (Lipinski definition) is 1. The molecule has 3 saturated carbocycles. The maximum atomic E-state index is 13.7. The molecule has 1 nitrogen and oxygen atoms in total. The van der Waals surface area contributed by atoms with Gasteiger partial charge in [-0.3, -0.25) is 0 Å². The Hall–Kier alpha value is -0.600. The Morgan fingerprint density at radius 2 is 2.06 bits per heavy atom. The van der Waals surface area contributed by atoms with E-state index < -0.39 is 0 Å². The van der Waals surface area contributed by atoms with Gasteiger partial charge in [0.1, 0.15) is 5.82 Å². The fraction of sp³-hybridized carbons (Fsp3) is 0.538. The van der Waals surface area contributed by atoms with E-state index >= 15 is 0 Å². The number of hydrogen-bond donors (Lipinski definition) is 1. The van der Waals surface area contributed by atoms with Crippen LogP contribution in [0.2, 0.25) is 5.02 Å². The van der Waals surface area contributed by atoms with Crippen molar-refractivity contribution in [2.24, 2.45) is 5.41 Å². The Balaban J connectivity index is 1.84. The summed E-state index contributed by atoms with van der Waals surface area (Å²) in [6.45, 7) is 1.05. The molecule has 16 heavy (non-hydrogen) atoms. The van der Waals surface area contributed by atoms with Crippen LogP contribution in [0.5, 0.6) is 0 Å². The lowest BCUT2D eigenvalue weighted by Gasteiger charge is -2.71. The molecule has 0 unspecified atom stereocenters. The third-order valence-electron chi connectivity index (χ3n) is 4.19. The van der Waals surface area contributed by atoms with Gasteiger partial charge in [0.05, 0.1) is 0 Å². The van der Waals surface area contributed by atoms with E-state index in [-0.39, 0.29) is 11.2 Å². The number of benzene rings is 1. The molecule has 0 aliphatic heterocycles. The summed E-state index contributed by atoms with van der Waals surface area (Å²) >= 11 is 5.94. The number of rotatable bonds is 3. The van der Waals surface area contributed by atoms with Crippen molar-refractivity contribution in [1.82, 2.24) is 5.32 Å². The van der Waals surface area contributed by atoms with Crippen molar-refractivity contribution in [2.75, 3.05) is 13.6 Å². The van der Waals surface area contributed by atoms with Crippen LogP contribution in [0.1, 0.15) is 24.8 Å². The van der Waals surface area contributed by atoms with Crippen LogP contribution in [0, 0.1) is 11.2 Å². The van der Waals surface area contributed by atoms with Crippen LogP contribution in [0.25, 0.3) is 0 Å². The zero-order chi connectivity index (χ0) is 11.4. The van der Waals surface area contributed by atoms with Gasteiger partial charge < -0.3 is 5.32 Å². The second-order valence-electron chi connectivity index (χ2n) is 5.47. The van der Waals surface area contributed by atoms with Crippen LogP contribution >= 0.6 is 11.6 Å². The highest BCUT2D eigenvalue weighted by molar-refractivity contribution is 6.30. The average molecular weight is 240 g/mol. The van der Waals surface area contributed by atoms with Crippen LogP contribution in [0.4, 0.5) is 4.39 Å². The standard InChI is InChI=1S/C13H15ClFN/c1-16-8-12-5-13(6-12,7-12)10-4-9(14)2-3-11(10)15/h2-4,16H,5-8H2,1H3. The first kappa shape index (κ1) is 10.5. The lowest BCUT2D eigenvalue weighted by atomic mass is 9.33. The van der Waals surface area contributed by atoms with E-state index in [1.165, 1.54) is 6.07 Å². The first-order chi connectivity index (χ1) is 7.59. The number of halogens is 2. The zero-order valence-electron chi connectivity index (χ0n) is 9.32. The van der Waals surface area contributed by atoms with Crippen molar-refractivity contribution in [3.05, 3.63) is 34.6 Å². The topological polar surface area (TPSA) is 12.0 Å². The lowest BCUT2D eigenvalue weighted by Crippen LogP contribution is -2.67. The van der Waals surface area contributed by atoms with Gasteiger partial charge in [-0.25, -0.2) is 4.39 Å².